The summed E-state index contributed by atoms with van der Waals surface area (Å²) in [7, 11) is 0. The molecule has 1 aromatic carbocycles. The summed E-state index contributed by atoms with van der Waals surface area (Å²) in [5, 5.41) is 0. The molecular weight excluding hydrogens is 383 g/mol. The zero-order valence-electron chi connectivity index (χ0n) is 18.3. The highest BCUT2D eigenvalue weighted by Gasteiger charge is 2.36. The van der Waals surface area contributed by atoms with Gasteiger partial charge in [0.25, 0.3) is 0 Å². The quantitative estimate of drug-likeness (QED) is 0.630. The third-order valence-corrected chi connectivity index (χ3v) is 5.08. The summed E-state index contributed by atoms with van der Waals surface area (Å²) in [6.45, 7) is 8.62. The van der Waals surface area contributed by atoms with E-state index in [1.54, 1.807) is 21.9 Å². The van der Waals surface area contributed by atoms with Crippen LogP contribution >= 0.6 is 0 Å². The maximum absolute atomic E-state index is 13.3. The first kappa shape index (κ1) is 22.1. The highest BCUT2D eigenvalue weighted by molar-refractivity contribution is 5.85. The van der Waals surface area contributed by atoms with Crippen LogP contribution in [0.15, 0.2) is 40.8 Å². The van der Waals surface area contributed by atoms with Crippen LogP contribution in [0.3, 0.4) is 0 Å². The summed E-state index contributed by atoms with van der Waals surface area (Å²) in [6.07, 6.45) is 2.29. The summed E-state index contributed by atoms with van der Waals surface area (Å²) in [5.74, 6) is 1.03. The number of carbonyl (C=O) groups is 2. The SMILES string of the molecule is Cc1ccc(CN(Cc2ccc(F)cc2)C(=O)CN(C(=O)CC(C)(C)C)C2CC2)o1. The van der Waals surface area contributed by atoms with E-state index < -0.39 is 0 Å². The van der Waals surface area contributed by atoms with Crippen LogP contribution in [0.2, 0.25) is 0 Å². The monoisotopic (exact) mass is 414 g/mol. The Labute approximate surface area is 177 Å². The number of halogens is 1. The lowest BCUT2D eigenvalue weighted by atomic mass is 9.91. The highest BCUT2D eigenvalue weighted by atomic mass is 19.1. The van der Waals surface area contributed by atoms with E-state index in [4.69, 9.17) is 4.42 Å². The molecule has 30 heavy (non-hydrogen) atoms. The number of nitrogens with zero attached hydrogens (tertiary/aromatic N) is 2. The fraction of sp³-hybridized carbons (Fsp3) is 0.500. The molecule has 1 aromatic heterocycles. The van der Waals surface area contributed by atoms with E-state index in [-0.39, 0.29) is 35.6 Å². The number of hydrogen-bond donors (Lipinski definition) is 0. The van der Waals surface area contributed by atoms with Crippen molar-refractivity contribution in [3.8, 4) is 0 Å². The summed E-state index contributed by atoms with van der Waals surface area (Å²) in [5.41, 5.74) is 0.694. The topological polar surface area (TPSA) is 53.8 Å². The van der Waals surface area contributed by atoms with Gasteiger partial charge in [0.2, 0.25) is 11.8 Å². The van der Waals surface area contributed by atoms with Gasteiger partial charge >= 0.3 is 0 Å². The largest absolute Gasteiger partial charge is 0.464 e. The standard InChI is InChI=1S/C24H31FN2O3/c1-17-5-12-21(30-17)15-26(14-18-6-8-19(25)9-7-18)23(29)16-27(20-10-11-20)22(28)13-24(2,3)4/h5-9,12,20H,10-11,13-16H2,1-4H3. The smallest absolute Gasteiger partial charge is 0.242 e. The molecule has 0 spiro atoms. The molecule has 0 atom stereocenters. The molecule has 3 rings (SSSR count). The molecule has 2 amide bonds. The van der Waals surface area contributed by atoms with Crippen LogP contribution in [0, 0.1) is 18.2 Å². The Morgan fingerprint density at radius 3 is 2.23 bits per heavy atom. The zero-order chi connectivity index (χ0) is 21.9. The van der Waals surface area contributed by atoms with Gasteiger partial charge in [0.15, 0.2) is 0 Å². The lowest BCUT2D eigenvalue weighted by Crippen LogP contribution is -2.44. The molecule has 0 bridgehead atoms. The van der Waals surface area contributed by atoms with Crippen molar-refractivity contribution in [1.82, 2.24) is 9.80 Å². The van der Waals surface area contributed by atoms with Crippen molar-refractivity contribution in [2.45, 2.75) is 66.1 Å². The molecule has 0 aliphatic heterocycles. The van der Waals surface area contributed by atoms with E-state index in [1.807, 2.05) is 39.8 Å². The van der Waals surface area contributed by atoms with Gasteiger partial charge < -0.3 is 14.2 Å². The van der Waals surface area contributed by atoms with Gasteiger partial charge in [-0.05, 0) is 55.0 Å². The molecule has 1 aliphatic carbocycles. The third-order valence-electron chi connectivity index (χ3n) is 5.08. The predicted octanol–water partition coefficient (Wildman–Crippen LogP) is 4.68. The minimum atomic E-state index is -0.314. The molecule has 0 N–H and O–H groups in total. The summed E-state index contributed by atoms with van der Waals surface area (Å²) < 4.78 is 18.9. The van der Waals surface area contributed by atoms with E-state index in [9.17, 15) is 14.0 Å². The van der Waals surface area contributed by atoms with Crippen LogP contribution in [-0.2, 0) is 22.7 Å². The Morgan fingerprint density at radius 2 is 1.70 bits per heavy atom. The van der Waals surface area contributed by atoms with Gasteiger partial charge in [0.1, 0.15) is 23.9 Å². The Balaban J connectivity index is 1.75. The average Bonchev–Trinajstić information content (AvgIpc) is 3.41. The molecule has 5 nitrogen and oxygen atoms in total. The van der Waals surface area contributed by atoms with Gasteiger partial charge in [-0.25, -0.2) is 4.39 Å². The Bertz CT molecular complexity index is 879. The van der Waals surface area contributed by atoms with Crippen LogP contribution in [0.4, 0.5) is 4.39 Å². The van der Waals surface area contributed by atoms with Crippen molar-refractivity contribution in [3.05, 3.63) is 59.3 Å². The molecule has 1 aliphatic rings. The van der Waals surface area contributed by atoms with Crippen molar-refractivity contribution >= 4 is 11.8 Å². The lowest BCUT2D eigenvalue weighted by molar-refractivity contribution is -0.143. The van der Waals surface area contributed by atoms with E-state index >= 15 is 0 Å². The van der Waals surface area contributed by atoms with Gasteiger partial charge in [-0.15, -0.1) is 0 Å². The molecule has 2 aromatic rings. The number of amides is 2. The first-order valence-corrected chi connectivity index (χ1v) is 10.5. The normalized spacial score (nSPS) is 13.9. The lowest BCUT2D eigenvalue weighted by Gasteiger charge is -2.29. The van der Waals surface area contributed by atoms with Gasteiger partial charge in [-0.1, -0.05) is 32.9 Å². The van der Waals surface area contributed by atoms with Gasteiger partial charge in [-0.2, -0.15) is 0 Å². The number of rotatable bonds is 8. The van der Waals surface area contributed by atoms with Crippen LogP contribution in [0.1, 0.15) is 57.1 Å². The second-order valence-electron chi connectivity index (χ2n) is 9.38. The molecule has 6 heteroatoms. The third kappa shape index (κ3) is 6.44. The molecule has 0 radical (unpaired) electrons. The molecule has 1 heterocycles. The Hall–Kier alpha value is -2.63. The average molecular weight is 415 g/mol. The minimum absolute atomic E-state index is 0.0222. The fourth-order valence-corrected chi connectivity index (χ4v) is 3.41. The van der Waals surface area contributed by atoms with Crippen molar-refractivity contribution < 1.29 is 18.4 Å². The molecular formula is C24H31FN2O3. The number of furan rings is 1. The van der Waals surface area contributed by atoms with Gasteiger partial charge in [0, 0.05) is 19.0 Å². The number of benzene rings is 1. The van der Waals surface area contributed by atoms with E-state index in [0.717, 1.165) is 24.2 Å². The molecule has 0 unspecified atom stereocenters. The highest BCUT2D eigenvalue weighted by Crippen LogP contribution is 2.30. The first-order valence-electron chi connectivity index (χ1n) is 10.5. The molecule has 162 valence electrons. The summed E-state index contributed by atoms with van der Waals surface area (Å²) in [4.78, 5) is 29.5. The van der Waals surface area contributed by atoms with Crippen molar-refractivity contribution in [2.24, 2.45) is 5.41 Å². The van der Waals surface area contributed by atoms with E-state index in [2.05, 4.69) is 0 Å². The van der Waals surface area contributed by atoms with Crippen LogP contribution in [0.5, 0.6) is 0 Å². The summed E-state index contributed by atoms with van der Waals surface area (Å²) >= 11 is 0. The molecule has 0 saturated heterocycles. The fourth-order valence-electron chi connectivity index (χ4n) is 3.41. The second kappa shape index (κ2) is 9.02. The van der Waals surface area contributed by atoms with Crippen molar-refractivity contribution in [1.29, 1.82) is 0 Å². The molecule has 1 saturated carbocycles. The second-order valence-corrected chi connectivity index (χ2v) is 9.38. The van der Waals surface area contributed by atoms with Gasteiger partial charge in [0.05, 0.1) is 6.54 Å². The number of carbonyl (C=O) groups excluding carboxylic acids is 2. The van der Waals surface area contributed by atoms with Crippen molar-refractivity contribution in [2.75, 3.05) is 6.54 Å². The van der Waals surface area contributed by atoms with E-state index in [0.29, 0.717) is 25.3 Å². The maximum atomic E-state index is 13.3. The Kier molecular flexibility index (Phi) is 6.64. The van der Waals surface area contributed by atoms with E-state index in [1.165, 1.54) is 12.1 Å². The first-order chi connectivity index (χ1) is 14.1. The number of hydrogen-bond acceptors (Lipinski definition) is 3. The summed E-state index contributed by atoms with van der Waals surface area (Å²) in [6, 6.07) is 9.99. The van der Waals surface area contributed by atoms with Crippen LogP contribution < -0.4 is 0 Å². The number of aryl methyl sites for hydroxylation is 1. The Morgan fingerprint density at radius 1 is 1.03 bits per heavy atom. The zero-order valence-corrected chi connectivity index (χ0v) is 18.3. The van der Waals surface area contributed by atoms with Gasteiger partial charge in [-0.3, -0.25) is 9.59 Å². The van der Waals surface area contributed by atoms with Crippen LogP contribution in [-0.4, -0.2) is 34.2 Å². The molecule has 1 fully saturated rings. The van der Waals surface area contributed by atoms with Crippen LogP contribution in [0.25, 0.3) is 0 Å². The minimum Gasteiger partial charge on any atom is -0.464 e. The maximum Gasteiger partial charge on any atom is 0.242 e. The predicted molar refractivity (Wildman–Crippen MR) is 113 cm³/mol. The van der Waals surface area contributed by atoms with Crippen molar-refractivity contribution in [3.63, 3.8) is 0 Å².